The Hall–Kier alpha value is -3.35. The fourth-order valence-electron chi connectivity index (χ4n) is 2.74. The second kappa shape index (κ2) is 7.69. The van der Waals surface area contributed by atoms with E-state index in [1.807, 2.05) is 13.0 Å². The van der Waals surface area contributed by atoms with E-state index in [4.69, 9.17) is 4.74 Å². The number of hydrogen-bond donors (Lipinski definition) is 2. The largest absolute Gasteiger partial charge is 0.492 e. The van der Waals surface area contributed by atoms with Gasteiger partial charge in [0.1, 0.15) is 5.75 Å². The van der Waals surface area contributed by atoms with Crippen LogP contribution in [0.3, 0.4) is 0 Å². The highest BCUT2D eigenvalue weighted by atomic mass is 16.5. The third kappa shape index (κ3) is 3.66. The van der Waals surface area contributed by atoms with Crippen molar-refractivity contribution in [3.8, 4) is 5.75 Å². The molecule has 0 saturated heterocycles. The van der Waals surface area contributed by atoms with Crippen LogP contribution in [0, 0.1) is 0 Å². The van der Waals surface area contributed by atoms with Crippen LogP contribution in [0.1, 0.15) is 13.3 Å². The maximum absolute atomic E-state index is 12.3. The first-order valence-corrected chi connectivity index (χ1v) is 8.33. The highest BCUT2D eigenvalue weighted by Gasteiger charge is 2.11. The molecule has 26 heavy (non-hydrogen) atoms. The number of carbonyl (C=O) groups excluding carboxylic acids is 1. The SMILES string of the molecule is CCOc1ccccc1NC(=O)CCn1c(=O)[nH]c(=O)c2ccccc21. The van der Waals surface area contributed by atoms with Crippen molar-refractivity contribution in [2.24, 2.45) is 0 Å². The summed E-state index contributed by atoms with van der Waals surface area (Å²) in [4.78, 5) is 38.6. The van der Waals surface area contributed by atoms with Crippen LogP contribution in [-0.2, 0) is 11.3 Å². The molecule has 1 heterocycles. The van der Waals surface area contributed by atoms with Gasteiger partial charge in [-0.15, -0.1) is 0 Å². The van der Waals surface area contributed by atoms with Crippen molar-refractivity contribution in [3.05, 3.63) is 69.4 Å². The average Bonchev–Trinajstić information content (AvgIpc) is 2.63. The van der Waals surface area contributed by atoms with Gasteiger partial charge in [0.15, 0.2) is 0 Å². The number of ether oxygens (including phenoxy) is 1. The summed E-state index contributed by atoms with van der Waals surface area (Å²) < 4.78 is 6.87. The summed E-state index contributed by atoms with van der Waals surface area (Å²) in [6, 6.07) is 14.0. The fraction of sp³-hybridized carbons (Fsp3) is 0.211. The summed E-state index contributed by atoms with van der Waals surface area (Å²) in [6.45, 7) is 2.51. The Bertz CT molecular complexity index is 1050. The van der Waals surface area contributed by atoms with E-state index >= 15 is 0 Å². The summed E-state index contributed by atoms with van der Waals surface area (Å²) in [5, 5.41) is 3.20. The molecule has 7 nitrogen and oxygen atoms in total. The highest BCUT2D eigenvalue weighted by molar-refractivity contribution is 5.92. The van der Waals surface area contributed by atoms with E-state index in [2.05, 4.69) is 10.3 Å². The van der Waals surface area contributed by atoms with E-state index in [0.717, 1.165) is 0 Å². The molecule has 0 saturated carbocycles. The third-order valence-corrected chi connectivity index (χ3v) is 3.93. The van der Waals surface area contributed by atoms with Crippen LogP contribution < -0.4 is 21.3 Å². The van der Waals surface area contributed by atoms with Gasteiger partial charge in [0, 0.05) is 13.0 Å². The first-order valence-electron chi connectivity index (χ1n) is 8.33. The van der Waals surface area contributed by atoms with Crippen LogP contribution in [0.25, 0.3) is 10.9 Å². The van der Waals surface area contributed by atoms with Gasteiger partial charge < -0.3 is 10.1 Å². The maximum atomic E-state index is 12.3. The number of rotatable bonds is 6. The second-order valence-electron chi connectivity index (χ2n) is 5.66. The quantitative estimate of drug-likeness (QED) is 0.710. The molecule has 3 rings (SSSR count). The predicted molar refractivity (Wildman–Crippen MR) is 99.7 cm³/mol. The van der Waals surface area contributed by atoms with Gasteiger partial charge in [-0.2, -0.15) is 0 Å². The monoisotopic (exact) mass is 353 g/mol. The zero-order valence-corrected chi connectivity index (χ0v) is 14.3. The van der Waals surface area contributed by atoms with Gasteiger partial charge in [0.2, 0.25) is 5.91 Å². The van der Waals surface area contributed by atoms with E-state index in [9.17, 15) is 14.4 Å². The number of H-pyrrole nitrogens is 1. The van der Waals surface area contributed by atoms with Crippen molar-refractivity contribution in [2.45, 2.75) is 19.9 Å². The van der Waals surface area contributed by atoms with Crippen LogP contribution in [0.5, 0.6) is 5.75 Å². The van der Waals surface area contributed by atoms with Crippen molar-refractivity contribution in [1.82, 2.24) is 9.55 Å². The van der Waals surface area contributed by atoms with E-state index in [-0.39, 0.29) is 18.9 Å². The van der Waals surface area contributed by atoms with Crippen molar-refractivity contribution in [3.63, 3.8) is 0 Å². The number of aryl methyl sites for hydroxylation is 1. The number of nitrogens with one attached hydrogen (secondary N) is 2. The molecule has 0 spiro atoms. The Morgan fingerprint density at radius 2 is 1.85 bits per heavy atom. The lowest BCUT2D eigenvalue weighted by Crippen LogP contribution is -2.31. The van der Waals surface area contributed by atoms with Gasteiger partial charge >= 0.3 is 5.69 Å². The molecule has 0 atom stereocenters. The second-order valence-corrected chi connectivity index (χ2v) is 5.66. The van der Waals surface area contributed by atoms with E-state index in [1.165, 1.54) is 4.57 Å². The summed E-state index contributed by atoms with van der Waals surface area (Å²) in [5.74, 6) is 0.342. The number of carbonyl (C=O) groups is 1. The normalized spacial score (nSPS) is 10.7. The minimum Gasteiger partial charge on any atom is -0.492 e. The van der Waals surface area contributed by atoms with Gasteiger partial charge in [0.05, 0.1) is 23.2 Å². The molecule has 0 aliphatic heterocycles. The van der Waals surface area contributed by atoms with Crippen molar-refractivity contribution >= 4 is 22.5 Å². The minimum atomic E-state index is -0.531. The standard InChI is InChI=1S/C19H19N3O4/c1-2-26-16-10-6-4-8-14(16)20-17(23)11-12-22-15-9-5-3-7-13(15)18(24)21-19(22)25/h3-10H,2,11-12H2,1H3,(H,20,23)(H,21,24,25). The molecule has 2 aromatic carbocycles. The molecule has 7 heteroatoms. The Kier molecular flexibility index (Phi) is 5.17. The Labute approximate surface area is 149 Å². The number of para-hydroxylation sites is 3. The molecule has 3 aromatic rings. The van der Waals surface area contributed by atoms with Crippen LogP contribution >= 0.6 is 0 Å². The summed E-state index contributed by atoms with van der Waals surface area (Å²) in [7, 11) is 0. The Morgan fingerprint density at radius 3 is 2.65 bits per heavy atom. The number of aromatic nitrogens is 2. The molecular formula is C19H19N3O4. The van der Waals surface area contributed by atoms with E-state index in [1.54, 1.807) is 42.5 Å². The maximum Gasteiger partial charge on any atom is 0.328 e. The Balaban J connectivity index is 1.78. The molecule has 2 N–H and O–H groups in total. The van der Waals surface area contributed by atoms with E-state index < -0.39 is 11.2 Å². The predicted octanol–water partition coefficient (Wildman–Crippen LogP) is 2.12. The fourth-order valence-corrected chi connectivity index (χ4v) is 2.74. The van der Waals surface area contributed by atoms with Gasteiger partial charge in [-0.25, -0.2) is 4.79 Å². The molecular weight excluding hydrogens is 334 g/mol. The van der Waals surface area contributed by atoms with Crippen molar-refractivity contribution < 1.29 is 9.53 Å². The summed E-state index contributed by atoms with van der Waals surface area (Å²) >= 11 is 0. The van der Waals surface area contributed by atoms with Crippen LogP contribution in [-0.4, -0.2) is 22.1 Å². The topological polar surface area (TPSA) is 93.2 Å². The first kappa shape index (κ1) is 17.5. The smallest absolute Gasteiger partial charge is 0.328 e. The third-order valence-electron chi connectivity index (χ3n) is 3.93. The van der Waals surface area contributed by atoms with Gasteiger partial charge in [-0.05, 0) is 31.2 Å². The number of anilines is 1. The molecule has 0 unspecified atom stereocenters. The van der Waals surface area contributed by atoms with Crippen LogP contribution in [0.4, 0.5) is 5.69 Å². The lowest BCUT2D eigenvalue weighted by atomic mass is 10.2. The average molecular weight is 353 g/mol. The number of amides is 1. The zero-order chi connectivity index (χ0) is 18.5. The molecule has 0 aliphatic carbocycles. The molecule has 0 bridgehead atoms. The van der Waals surface area contributed by atoms with Crippen molar-refractivity contribution in [1.29, 1.82) is 0 Å². The minimum absolute atomic E-state index is 0.0798. The molecule has 1 amide bonds. The number of fused-ring (bicyclic) bond motifs is 1. The number of benzene rings is 2. The van der Waals surface area contributed by atoms with Crippen LogP contribution in [0.2, 0.25) is 0 Å². The number of nitrogens with zero attached hydrogens (tertiary/aromatic N) is 1. The van der Waals surface area contributed by atoms with E-state index in [0.29, 0.717) is 28.9 Å². The Morgan fingerprint density at radius 1 is 1.12 bits per heavy atom. The molecule has 1 aromatic heterocycles. The van der Waals surface area contributed by atoms with Crippen LogP contribution in [0.15, 0.2) is 58.1 Å². The lowest BCUT2D eigenvalue weighted by Gasteiger charge is -2.12. The molecule has 134 valence electrons. The van der Waals surface area contributed by atoms with Gasteiger partial charge in [-0.1, -0.05) is 24.3 Å². The number of aromatic amines is 1. The van der Waals surface area contributed by atoms with Gasteiger partial charge in [0.25, 0.3) is 5.56 Å². The highest BCUT2D eigenvalue weighted by Crippen LogP contribution is 2.23. The summed E-state index contributed by atoms with van der Waals surface area (Å²) in [6.07, 6.45) is 0.0798. The zero-order valence-electron chi connectivity index (χ0n) is 14.3. The van der Waals surface area contributed by atoms with Crippen molar-refractivity contribution in [2.75, 3.05) is 11.9 Å². The molecule has 0 fully saturated rings. The molecule has 0 radical (unpaired) electrons. The number of hydrogen-bond acceptors (Lipinski definition) is 4. The first-order chi connectivity index (χ1) is 12.6. The summed E-state index contributed by atoms with van der Waals surface area (Å²) in [5.41, 5.74) is 0.120. The van der Waals surface area contributed by atoms with Gasteiger partial charge in [-0.3, -0.25) is 19.1 Å². The lowest BCUT2D eigenvalue weighted by molar-refractivity contribution is -0.116. The molecule has 0 aliphatic rings.